The molecule has 1 aliphatic rings. The fraction of sp³-hybridized carbons (Fsp3) is 0.360. The Labute approximate surface area is 192 Å². The molecule has 0 spiro atoms. The summed E-state index contributed by atoms with van der Waals surface area (Å²) < 4.78 is 7.53. The zero-order valence-electron chi connectivity index (χ0n) is 19.4. The number of ether oxygens (including phenoxy) is 1. The molecule has 4 aromatic rings. The lowest BCUT2D eigenvalue weighted by Crippen LogP contribution is -2.44. The molecule has 0 aliphatic carbocycles. The number of aryl methyl sites for hydroxylation is 2. The minimum absolute atomic E-state index is 0.00757. The molecular formula is C25H28N6O2. The SMILES string of the molecule is Cc1nn(C)c(C)c1-c1nc(N2CCOC[C@@H]2C)c2ccc(-c3cccc(CO)c3)nc2n1. The van der Waals surface area contributed by atoms with Gasteiger partial charge < -0.3 is 14.7 Å². The number of anilines is 1. The lowest BCUT2D eigenvalue weighted by Gasteiger charge is -2.35. The van der Waals surface area contributed by atoms with Gasteiger partial charge in [-0.3, -0.25) is 4.68 Å². The van der Waals surface area contributed by atoms with E-state index >= 15 is 0 Å². The Morgan fingerprint density at radius 2 is 1.97 bits per heavy atom. The standard InChI is InChI=1S/C25H28N6O2/c1-15-14-33-11-10-31(15)25-20-8-9-21(19-7-5-6-18(12-19)13-32)26-23(20)27-24(28-25)22-16(2)29-30(4)17(22)3/h5-9,12,15,32H,10-11,13-14H2,1-4H3/t15-/m0/s1. The van der Waals surface area contributed by atoms with Crippen LogP contribution in [0.5, 0.6) is 0 Å². The predicted molar refractivity (Wildman–Crippen MR) is 128 cm³/mol. The van der Waals surface area contributed by atoms with E-state index in [1.165, 1.54) is 0 Å². The minimum atomic E-state index is -0.00757. The van der Waals surface area contributed by atoms with Gasteiger partial charge in [-0.1, -0.05) is 18.2 Å². The van der Waals surface area contributed by atoms with Crippen LogP contribution in [0.1, 0.15) is 23.9 Å². The van der Waals surface area contributed by atoms with Crippen molar-refractivity contribution in [1.29, 1.82) is 0 Å². The third kappa shape index (κ3) is 3.85. The highest BCUT2D eigenvalue weighted by Gasteiger charge is 2.25. The highest BCUT2D eigenvalue weighted by atomic mass is 16.5. The number of morpholine rings is 1. The monoisotopic (exact) mass is 444 g/mol. The average molecular weight is 445 g/mol. The van der Waals surface area contributed by atoms with Gasteiger partial charge >= 0.3 is 0 Å². The number of pyridine rings is 1. The number of aliphatic hydroxyl groups excluding tert-OH is 1. The van der Waals surface area contributed by atoms with E-state index in [4.69, 9.17) is 19.7 Å². The van der Waals surface area contributed by atoms with Crippen LogP contribution in [0.4, 0.5) is 5.82 Å². The van der Waals surface area contributed by atoms with Crippen LogP contribution in [-0.2, 0) is 18.4 Å². The molecule has 1 atom stereocenters. The molecule has 1 fully saturated rings. The fourth-order valence-corrected chi connectivity index (χ4v) is 4.45. The summed E-state index contributed by atoms with van der Waals surface area (Å²) in [4.78, 5) is 17.2. The fourth-order valence-electron chi connectivity index (χ4n) is 4.45. The van der Waals surface area contributed by atoms with Gasteiger partial charge in [0, 0.05) is 24.8 Å². The number of aliphatic hydroxyl groups is 1. The first kappa shape index (κ1) is 21.5. The van der Waals surface area contributed by atoms with Gasteiger partial charge in [0.05, 0.1) is 48.2 Å². The lowest BCUT2D eigenvalue weighted by molar-refractivity contribution is 0.0987. The third-order valence-corrected chi connectivity index (χ3v) is 6.32. The number of benzene rings is 1. The molecule has 0 bridgehead atoms. The molecule has 8 nitrogen and oxygen atoms in total. The number of nitrogens with zero attached hydrogens (tertiary/aromatic N) is 6. The summed E-state index contributed by atoms with van der Waals surface area (Å²) in [5.41, 5.74) is 6.09. The Morgan fingerprint density at radius 1 is 1.12 bits per heavy atom. The molecule has 4 heterocycles. The highest BCUT2D eigenvalue weighted by molar-refractivity contribution is 5.90. The van der Waals surface area contributed by atoms with Crippen LogP contribution in [0.15, 0.2) is 36.4 Å². The van der Waals surface area contributed by atoms with Gasteiger partial charge in [0.15, 0.2) is 11.5 Å². The van der Waals surface area contributed by atoms with Crippen LogP contribution < -0.4 is 4.90 Å². The van der Waals surface area contributed by atoms with Gasteiger partial charge in [0.2, 0.25) is 0 Å². The molecule has 5 rings (SSSR count). The lowest BCUT2D eigenvalue weighted by atomic mass is 10.1. The summed E-state index contributed by atoms with van der Waals surface area (Å²) in [5.74, 6) is 1.50. The first-order valence-electron chi connectivity index (χ1n) is 11.2. The van der Waals surface area contributed by atoms with Crippen LogP contribution in [0, 0.1) is 13.8 Å². The zero-order valence-corrected chi connectivity index (χ0v) is 19.4. The summed E-state index contributed by atoms with van der Waals surface area (Å²) in [6, 6.07) is 12.0. The van der Waals surface area contributed by atoms with E-state index in [-0.39, 0.29) is 12.6 Å². The first-order valence-corrected chi connectivity index (χ1v) is 11.2. The number of aromatic nitrogens is 5. The molecule has 33 heavy (non-hydrogen) atoms. The van der Waals surface area contributed by atoms with Crippen molar-refractivity contribution in [1.82, 2.24) is 24.7 Å². The molecular weight excluding hydrogens is 416 g/mol. The van der Waals surface area contributed by atoms with E-state index in [1.807, 2.05) is 62.0 Å². The van der Waals surface area contributed by atoms with E-state index in [1.54, 1.807) is 0 Å². The number of fused-ring (bicyclic) bond motifs is 1. The van der Waals surface area contributed by atoms with E-state index in [9.17, 15) is 5.11 Å². The molecule has 0 unspecified atom stereocenters. The molecule has 0 amide bonds. The van der Waals surface area contributed by atoms with E-state index < -0.39 is 0 Å². The van der Waals surface area contributed by atoms with Crippen molar-refractivity contribution in [2.45, 2.75) is 33.4 Å². The zero-order chi connectivity index (χ0) is 23.1. The maximum atomic E-state index is 9.54. The Morgan fingerprint density at radius 3 is 2.70 bits per heavy atom. The van der Waals surface area contributed by atoms with Gasteiger partial charge in [0.1, 0.15) is 5.82 Å². The summed E-state index contributed by atoms with van der Waals surface area (Å²) in [6.45, 7) is 8.24. The Bertz CT molecular complexity index is 1330. The minimum Gasteiger partial charge on any atom is -0.392 e. The molecule has 1 aliphatic heterocycles. The Balaban J connectivity index is 1.73. The molecule has 0 radical (unpaired) electrons. The van der Waals surface area contributed by atoms with Crippen molar-refractivity contribution in [3.63, 3.8) is 0 Å². The molecule has 1 N–H and O–H groups in total. The quantitative estimate of drug-likeness (QED) is 0.516. The second kappa shape index (κ2) is 8.53. The third-order valence-electron chi connectivity index (χ3n) is 6.32. The Kier molecular flexibility index (Phi) is 5.55. The van der Waals surface area contributed by atoms with Crippen LogP contribution in [0.3, 0.4) is 0 Å². The van der Waals surface area contributed by atoms with Gasteiger partial charge in [-0.2, -0.15) is 5.10 Å². The van der Waals surface area contributed by atoms with Crippen molar-refractivity contribution in [2.24, 2.45) is 7.05 Å². The highest BCUT2D eigenvalue weighted by Crippen LogP contribution is 2.32. The van der Waals surface area contributed by atoms with Gasteiger partial charge in [-0.05, 0) is 44.5 Å². The smallest absolute Gasteiger partial charge is 0.167 e. The van der Waals surface area contributed by atoms with Crippen LogP contribution in [-0.4, -0.2) is 55.6 Å². The average Bonchev–Trinajstić information content (AvgIpc) is 3.09. The molecule has 170 valence electrons. The molecule has 1 saturated heterocycles. The van der Waals surface area contributed by atoms with Crippen molar-refractivity contribution in [2.75, 3.05) is 24.7 Å². The molecule has 1 aromatic carbocycles. The second-order valence-corrected chi connectivity index (χ2v) is 8.58. The summed E-state index contributed by atoms with van der Waals surface area (Å²) in [6.07, 6.45) is 0. The summed E-state index contributed by atoms with van der Waals surface area (Å²) in [7, 11) is 1.93. The molecule has 8 heteroatoms. The predicted octanol–water partition coefficient (Wildman–Crippen LogP) is 3.43. The first-order chi connectivity index (χ1) is 16.0. The van der Waals surface area contributed by atoms with Crippen LogP contribution >= 0.6 is 0 Å². The van der Waals surface area contributed by atoms with Crippen molar-refractivity contribution < 1.29 is 9.84 Å². The van der Waals surface area contributed by atoms with Gasteiger partial charge in [0.25, 0.3) is 0 Å². The number of hydrogen-bond donors (Lipinski definition) is 1. The van der Waals surface area contributed by atoms with Crippen LogP contribution in [0.2, 0.25) is 0 Å². The Hall–Kier alpha value is -3.36. The number of hydrogen-bond acceptors (Lipinski definition) is 7. The van der Waals surface area contributed by atoms with Crippen LogP contribution in [0.25, 0.3) is 33.7 Å². The van der Waals surface area contributed by atoms with Crippen molar-refractivity contribution in [3.05, 3.63) is 53.3 Å². The normalized spacial score (nSPS) is 16.5. The van der Waals surface area contributed by atoms with Gasteiger partial charge in [-0.15, -0.1) is 0 Å². The van der Waals surface area contributed by atoms with Gasteiger partial charge in [-0.25, -0.2) is 15.0 Å². The van der Waals surface area contributed by atoms with Crippen molar-refractivity contribution >= 4 is 16.9 Å². The second-order valence-electron chi connectivity index (χ2n) is 8.58. The molecule has 3 aromatic heterocycles. The largest absolute Gasteiger partial charge is 0.392 e. The van der Waals surface area contributed by atoms with E-state index in [0.29, 0.717) is 24.7 Å². The maximum absolute atomic E-state index is 9.54. The molecule has 0 saturated carbocycles. The summed E-state index contributed by atoms with van der Waals surface area (Å²) >= 11 is 0. The van der Waals surface area contributed by atoms with E-state index in [2.05, 4.69) is 16.9 Å². The number of rotatable bonds is 4. The topological polar surface area (TPSA) is 89.2 Å². The summed E-state index contributed by atoms with van der Waals surface area (Å²) in [5, 5.41) is 15.0. The van der Waals surface area contributed by atoms with Crippen molar-refractivity contribution in [3.8, 4) is 22.6 Å². The van der Waals surface area contributed by atoms with E-state index in [0.717, 1.165) is 51.5 Å². The maximum Gasteiger partial charge on any atom is 0.167 e.